The lowest BCUT2D eigenvalue weighted by Gasteiger charge is -2.17. The third kappa shape index (κ3) is 1.97. The molecule has 5 nitrogen and oxygen atoms in total. The average Bonchev–Trinajstić information content (AvgIpc) is 3.38. The highest BCUT2D eigenvalue weighted by Crippen LogP contribution is 2.54. The number of primary amides is 1. The lowest BCUT2D eigenvalue weighted by molar-refractivity contribution is 0.0857. The molecule has 2 bridgehead atoms. The number of carbonyl (C=O) groups is 1. The van der Waals surface area contributed by atoms with Gasteiger partial charge in [0.2, 0.25) is 5.91 Å². The molecule has 4 aromatic rings. The Kier molecular flexibility index (Phi) is 2.75. The van der Waals surface area contributed by atoms with Crippen LogP contribution >= 0.6 is 0 Å². The second-order valence-corrected chi connectivity index (χ2v) is 7.04. The number of imidazole rings is 1. The molecular weight excluding hydrogens is 338 g/mol. The summed E-state index contributed by atoms with van der Waals surface area (Å²) in [6.45, 7) is 0. The van der Waals surface area contributed by atoms with Gasteiger partial charge in [0, 0.05) is 23.5 Å². The van der Waals surface area contributed by atoms with Crippen molar-refractivity contribution >= 4 is 11.6 Å². The van der Waals surface area contributed by atoms with Crippen LogP contribution in [0.3, 0.4) is 0 Å². The minimum absolute atomic E-state index is 0.0722. The van der Waals surface area contributed by atoms with E-state index >= 15 is 0 Å². The van der Waals surface area contributed by atoms with Crippen LogP contribution in [-0.2, 0) is 4.74 Å². The van der Waals surface area contributed by atoms with Gasteiger partial charge in [-0.1, -0.05) is 24.3 Å². The van der Waals surface area contributed by atoms with Gasteiger partial charge in [-0.15, -0.1) is 0 Å². The first-order valence-electron chi connectivity index (χ1n) is 8.86. The molecule has 5 heteroatoms. The number of ether oxygens (including phenoxy) is 1. The SMILES string of the molecule is NC(=O)c1ccc2c(c1)C1OC2c2ccc(-c3cn4ccccc4n3)cc21. The number of amides is 1. The van der Waals surface area contributed by atoms with Crippen molar-refractivity contribution in [2.45, 2.75) is 12.2 Å². The van der Waals surface area contributed by atoms with Gasteiger partial charge in [0.05, 0.1) is 5.69 Å². The number of nitrogens with zero attached hydrogens (tertiary/aromatic N) is 2. The van der Waals surface area contributed by atoms with Gasteiger partial charge in [0.1, 0.15) is 17.9 Å². The van der Waals surface area contributed by atoms with E-state index in [1.165, 1.54) is 5.56 Å². The van der Waals surface area contributed by atoms with Crippen LogP contribution in [0.15, 0.2) is 67.0 Å². The van der Waals surface area contributed by atoms with Crippen LogP contribution in [0.4, 0.5) is 0 Å². The molecule has 0 spiro atoms. The second-order valence-electron chi connectivity index (χ2n) is 7.04. The van der Waals surface area contributed by atoms with Crippen molar-refractivity contribution in [2.75, 3.05) is 0 Å². The van der Waals surface area contributed by atoms with Crippen LogP contribution in [0.2, 0.25) is 0 Å². The number of benzene rings is 2. The third-order valence-electron chi connectivity index (χ3n) is 5.52. The Hall–Kier alpha value is -3.44. The summed E-state index contributed by atoms with van der Waals surface area (Å²) < 4.78 is 8.23. The van der Waals surface area contributed by atoms with Crippen molar-refractivity contribution in [1.29, 1.82) is 0 Å². The average molecular weight is 353 g/mol. The Balaban J connectivity index is 1.47. The molecule has 27 heavy (non-hydrogen) atoms. The molecule has 2 atom stereocenters. The fourth-order valence-corrected chi connectivity index (χ4v) is 4.23. The molecule has 130 valence electrons. The van der Waals surface area contributed by atoms with E-state index in [4.69, 9.17) is 15.5 Å². The maximum Gasteiger partial charge on any atom is 0.248 e. The summed E-state index contributed by atoms with van der Waals surface area (Å²) in [5.41, 5.74) is 13.4. The molecule has 0 aliphatic carbocycles. The molecule has 1 amide bonds. The highest BCUT2D eigenvalue weighted by molar-refractivity contribution is 5.93. The van der Waals surface area contributed by atoms with Crippen molar-refractivity contribution < 1.29 is 9.53 Å². The van der Waals surface area contributed by atoms with Crippen molar-refractivity contribution in [3.05, 3.63) is 94.8 Å². The van der Waals surface area contributed by atoms with Crippen LogP contribution in [0.25, 0.3) is 16.9 Å². The number of aromatic nitrogens is 2. The van der Waals surface area contributed by atoms with Crippen molar-refractivity contribution in [1.82, 2.24) is 9.38 Å². The normalized spacial score (nSPS) is 19.3. The summed E-state index contributed by atoms with van der Waals surface area (Å²) >= 11 is 0. The van der Waals surface area contributed by atoms with E-state index in [0.29, 0.717) is 5.56 Å². The van der Waals surface area contributed by atoms with Crippen LogP contribution in [0, 0.1) is 0 Å². The number of carbonyl (C=O) groups excluding carboxylic acids is 1. The Bertz CT molecular complexity index is 1220. The zero-order valence-corrected chi connectivity index (χ0v) is 14.3. The van der Waals surface area contributed by atoms with Crippen molar-refractivity contribution in [3.8, 4) is 11.3 Å². The zero-order chi connectivity index (χ0) is 18.1. The van der Waals surface area contributed by atoms with Gasteiger partial charge in [-0.05, 0) is 52.6 Å². The largest absolute Gasteiger partial charge is 0.366 e. The summed E-state index contributed by atoms with van der Waals surface area (Å²) in [6, 6.07) is 17.9. The monoisotopic (exact) mass is 353 g/mol. The number of hydrogen-bond acceptors (Lipinski definition) is 3. The maximum absolute atomic E-state index is 11.5. The maximum atomic E-state index is 11.5. The van der Waals surface area contributed by atoms with E-state index in [1.807, 2.05) is 47.1 Å². The van der Waals surface area contributed by atoms with E-state index in [2.05, 4.69) is 18.2 Å². The highest BCUT2D eigenvalue weighted by Gasteiger charge is 2.43. The molecule has 2 unspecified atom stereocenters. The minimum atomic E-state index is -0.417. The van der Waals surface area contributed by atoms with Gasteiger partial charge < -0.3 is 14.9 Å². The Labute approximate surface area is 155 Å². The fraction of sp³-hybridized carbons (Fsp3) is 0.0909. The summed E-state index contributed by atoms with van der Waals surface area (Å²) in [7, 11) is 0. The summed E-state index contributed by atoms with van der Waals surface area (Å²) in [6.07, 6.45) is 3.80. The minimum Gasteiger partial charge on any atom is -0.366 e. The first-order chi connectivity index (χ1) is 13.2. The predicted molar refractivity (Wildman–Crippen MR) is 100 cm³/mol. The van der Waals surface area contributed by atoms with E-state index in [1.54, 1.807) is 6.07 Å². The molecule has 0 radical (unpaired) electrons. The van der Waals surface area contributed by atoms with E-state index < -0.39 is 5.91 Å². The molecule has 2 aliphatic heterocycles. The Morgan fingerprint density at radius 2 is 1.74 bits per heavy atom. The topological polar surface area (TPSA) is 69.6 Å². The Morgan fingerprint density at radius 1 is 0.963 bits per heavy atom. The quantitative estimate of drug-likeness (QED) is 0.598. The number of rotatable bonds is 2. The van der Waals surface area contributed by atoms with Gasteiger partial charge >= 0.3 is 0 Å². The second kappa shape index (κ2) is 5.05. The molecule has 0 saturated heterocycles. The van der Waals surface area contributed by atoms with Gasteiger partial charge in [0.25, 0.3) is 0 Å². The number of hydrogen-bond donors (Lipinski definition) is 1. The standard InChI is InChI=1S/C22H15N3O2/c23-22(26)13-5-7-15-17(10-13)21-16-9-12(4-6-14(16)20(15)27-21)18-11-25-8-2-1-3-19(25)24-18/h1-11,20-21H,(H2,23,26). The van der Waals surface area contributed by atoms with Gasteiger partial charge in [-0.25, -0.2) is 4.98 Å². The molecule has 0 fully saturated rings. The van der Waals surface area contributed by atoms with Crippen molar-refractivity contribution in [2.24, 2.45) is 5.73 Å². The third-order valence-corrected chi connectivity index (χ3v) is 5.52. The van der Waals surface area contributed by atoms with E-state index in [0.717, 1.165) is 33.6 Å². The smallest absolute Gasteiger partial charge is 0.248 e. The van der Waals surface area contributed by atoms with Crippen LogP contribution in [-0.4, -0.2) is 15.3 Å². The summed E-state index contributed by atoms with van der Waals surface area (Å²) in [5, 5.41) is 0. The number of nitrogens with two attached hydrogens (primary N) is 1. The molecule has 2 aliphatic rings. The number of pyridine rings is 1. The van der Waals surface area contributed by atoms with Gasteiger partial charge in [-0.2, -0.15) is 0 Å². The summed E-state index contributed by atoms with van der Waals surface area (Å²) in [4.78, 5) is 16.3. The Morgan fingerprint density at radius 3 is 2.56 bits per heavy atom. The number of fused-ring (bicyclic) bond motifs is 9. The molecule has 6 rings (SSSR count). The lowest BCUT2D eigenvalue weighted by Crippen LogP contribution is -2.12. The zero-order valence-electron chi connectivity index (χ0n) is 14.3. The highest BCUT2D eigenvalue weighted by atomic mass is 16.5. The van der Waals surface area contributed by atoms with Gasteiger partial charge in [-0.3, -0.25) is 4.79 Å². The van der Waals surface area contributed by atoms with Crippen LogP contribution in [0.1, 0.15) is 44.8 Å². The lowest BCUT2D eigenvalue weighted by atomic mass is 9.84. The first-order valence-corrected chi connectivity index (χ1v) is 8.86. The molecule has 2 aromatic carbocycles. The summed E-state index contributed by atoms with van der Waals surface area (Å²) in [5.74, 6) is -0.417. The molecule has 0 saturated carbocycles. The first kappa shape index (κ1) is 14.7. The molecule has 2 N–H and O–H groups in total. The predicted octanol–water partition coefficient (Wildman–Crippen LogP) is 3.62. The van der Waals surface area contributed by atoms with Crippen LogP contribution in [0.5, 0.6) is 0 Å². The van der Waals surface area contributed by atoms with Crippen molar-refractivity contribution in [3.63, 3.8) is 0 Å². The van der Waals surface area contributed by atoms with Crippen LogP contribution < -0.4 is 5.73 Å². The molecule has 4 heterocycles. The fourth-order valence-electron chi connectivity index (χ4n) is 4.23. The van der Waals surface area contributed by atoms with Gasteiger partial charge in [0.15, 0.2) is 0 Å². The molecular formula is C22H15N3O2. The van der Waals surface area contributed by atoms with E-state index in [9.17, 15) is 4.79 Å². The van der Waals surface area contributed by atoms with E-state index in [-0.39, 0.29) is 12.2 Å². The molecule has 2 aromatic heterocycles.